The van der Waals surface area contributed by atoms with Crippen LogP contribution >= 0.6 is 0 Å². The summed E-state index contributed by atoms with van der Waals surface area (Å²) in [7, 11) is 0. The summed E-state index contributed by atoms with van der Waals surface area (Å²) < 4.78 is 0. The van der Waals surface area contributed by atoms with Crippen molar-refractivity contribution in [1.29, 1.82) is 0 Å². The summed E-state index contributed by atoms with van der Waals surface area (Å²) in [6.45, 7) is 2.35. The number of nitrogens with one attached hydrogen (secondary N) is 1. The summed E-state index contributed by atoms with van der Waals surface area (Å²) in [6, 6.07) is 0. The minimum Gasteiger partial charge on any atom is -0.382 e. The molecular weight excluding hydrogens is 116 g/mol. The summed E-state index contributed by atoms with van der Waals surface area (Å²) in [6.07, 6.45) is 0. The molecule has 0 aromatic carbocycles. The summed E-state index contributed by atoms with van der Waals surface area (Å²) in [4.78, 5) is 0. The van der Waals surface area contributed by atoms with Gasteiger partial charge in [0.25, 0.3) is 0 Å². The molecule has 0 fully saturated rings. The van der Waals surface area contributed by atoms with E-state index >= 15 is 0 Å². The highest BCUT2D eigenvalue weighted by atomic mass is 15.2. The lowest BCUT2D eigenvalue weighted by Crippen LogP contribution is -2.00. The zero-order chi connectivity index (χ0) is 6.85. The Kier molecular flexibility index (Phi) is 1.40. The fourth-order valence-corrected chi connectivity index (χ4v) is 0.729. The minimum atomic E-state index is 0.453. The van der Waals surface area contributed by atoms with Gasteiger partial charge in [-0.05, 0) is 6.92 Å². The standard InChI is InChI=1S/C5H10N4/c1-3-4(2-6)5(7)9-8-3/h2,6H2,1H3,(H3,7,8,9). The van der Waals surface area contributed by atoms with Crippen LogP contribution in [0.3, 0.4) is 0 Å². The maximum atomic E-state index is 5.43. The Morgan fingerprint density at radius 2 is 2.33 bits per heavy atom. The maximum Gasteiger partial charge on any atom is 0.149 e. The molecule has 5 N–H and O–H groups in total. The third kappa shape index (κ3) is 0.882. The van der Waals surface area contributed by atoms with Gasteiger partial charge in [-0.3, -0.25) is 5.10 Å². The van der Waals surface area contributed by atoms with Crippen LogP contribution in [0.4, 0.5) is 5.82 Å². The van der Waals surface area contributed by atoms with Gasteiger partial charge in [-0.1, -0.05) is 0 Å². The molecule has 0 saturated carbocycles. The third-order valence-electron chi connectivity index (χ3n) is 1.31. The summed E-state index contributed by atoms with van der Waals surface area (Å²) in [5.74, 6) is 0.509. The van der Waals surface area contributed by atoms with Crippen molar-refractivity contribution in [2.24, 2.45) is 5.73 Å². The molecule has 0 aliphatic heterocycles. The van der Waals surface area contributed by atoms with E-state index in [0.29, 0.717) is 12.4 Å². The lowest BCUT2D eigenvalue weighted by atomic mass is 10.2. The van der Waals surface area contributed by atoms with Crippen molar-refractivity contribution in [3.63, 3.8) is 0 Å². The zero-order valence-corrected chi connectivity index (χ0v) is 5.31. The van der Waals surface area contributed by atoms with Gasteiger partial charge in [-0.15, -0.1) is 0 Å². The molecule has 1 aromatic rings. The van der Waals surface area contributed by atoms with Gasteiger partial charge in [0.1, 0.15) is 5.82 Å². The smallest absolute Gasteiger partial charge is 0.149 e. The number of rotatable bonds is 1. The second kappa shape index (κ2) is 2.06. The second-order valence-electron chi connectivity index (χ2n) is 1.92. The van der Waals surface area contributed by atoms with Crippen molar-refractivity contribution in [3.05, 3.63) is 11.3 Å². The monoisotopic (exact) mass is 126 g/mol. The highest BCUT2D eigenvalue weighted by Crippen LogP contribution is 2.09. The largest absolute Gasteiger partial charge is 0.382 e. The van der Waals surface area contributed by atoms with Crippen LogP contribution in [0.1, 0.15) is 11.3 Å². The number of H-pyrrole nitrogens is 1. The Morgan fingerprint density at radius 1 is 1.67 bits per heavy atom. The Hall–Kier alpha value is -1.03. The van der Waals surface area contributed by atoms with E-state index in [0.717, 1.165) is 11.3 Å². The van der Waals surface area contributed by atoms with Crippen LogP contribution in [0.25, 0.3) is 0 Å². The molecule has 0 atom stereocenters. The highest BCUT2D eigenvalue weighted by Gasteiger charge is 2.02. The Labute approximate surface area is 53.2 Å². The first kappa shape index (κ1) is 6.10. The first-order valence-electron chi connectivity index (χ1n) is 2.75. The fourth-order valence-electron chi connectivity index (χ4n) is 0.729. The number of nitrogens with zero attached hydrogens (tertiary/aromatic N) is 1. The van der Waals surface area contributed by atoms with Crippen molar-refractivity contribution >= 4 is 5.82 Å². The molecule has 9 heavy (non-hydrogen) atoms. The van der Waals surface area contributed by atoms with Gasteiger partial charge < -0.3 is 11.5 Å². The molecule has 1 aromatic heterocycles. The van der Waals surface area contributed by atoms with Crippen LogP contribution < -0.4 is 11.5 Å². The van der Waals surface area contributed by atoms with E-state index in [4.69, 9.17) is 11.5 Å². The van der Waals surface area contributed by atoms with E-state index < -0.39 is 0 Å². The lowest BCUT2D eigenvalue weighted by Gasteiger charge is -1.91. The van der Waals surface area contributed by atoms with E-state index in [2.05, 4.69) is 10.2 Å². The van der Waals surface area contributed by atoms with Gasteiger partial charge in [0.15, 0.2) is 0 Å². The minimum absolute atomic E-state index is 0.453. The van der Waals surface area contributed by atoms with Gasteiger partial charge in [0.2, 0.25) is 0 Å². The van der Waals surface area contributed by atoms with Crippen LogP contribution in [-0.4, -0.2) is 10.2 Å². The highest BCUT2D eigenvalue weighted by molar-refractivity contribution is 5.40. The normalized spacial score (nSPS) is 10.0. The molecule has 0 aliphatic carbocycles. The van der Waals surface area contributed by atoms with Crippen molar-refractivity contribution in [1.82, 2.24) is 10.2 Å². The number of hydrogen-bond acceptors (Lipinski definition) is 3. The summed E-state index contributed by atoms with van der Waals surface area (Å²) in [5, 5.41) is 6.49. The van der Waals surface area contributed by atoms with Crippen molar-refractivity contribution in [3.8, 4) is 0 Å². The Balaban J connectivity index is 3.07. The molecular formula is C5H10N4. The number of aryl methyl sites for hydroxylation is 1. The van der Waals surface area contributed by atoms with Gasteiger partial charge >= 0.3 is 0 Å². The van der Waals surface area contributed by atoms with Crippen LogP contribution in [0.2, 0.25) is 0 Å². The molecule has 0 unspecified atom stereocenters. The molecule has 0 bridgehead atoms. The van der Waals surface area contributed by atoms with Crippen LogP contribution in [-0.2, 0) is 6.54 Å². The van der Waals surface area contributed by atoms with Crippen molar-refractivity contribution < 1.29 is 0 Å². The Morgan fingerprint density at radius 3 is 2.56 bits per heavy atom. The maximum absolute atomic E-state index is 5.43. The summed E-state index contributed by atoms with van der Waals surface area (Å²) in [5.41, 5.74) is 12.7. The van der Waals surface area contributed by atoms with E-state index in [-0.39, 0.29) is 0 Å². The predicted molar refractivity (Wildman–Crippen MR) is 35.6 cm³/mol. The van der Waals surface area contributed by atoms with Crippen LogP contribution in [0.15, 0.2) is 0 Å². The molecule has 1 heterocycles. The van der Waals surface area contributed by atoms with Gasteiger partial charge in [0.05, 0.1) is 0 Å². The first-order chi connectivity index (χ1) is 4.25. The first-order valence-corrected chi connectivity index (χ1v) is 2.75. The molecule has 50 valence electrons. The average molecular weight is 126 g/mol. The third-order valence-corrected chi connectivity index (χ3v) is 1.31. The SMILES string of the molecule is Cc1[nH]nc(N)c1CN. The zero-order valence-electron chi connectivity index (χ0n) is 5.31. The van der Waals surface area contributed by atoms with E-state index in [1.807, 2.05) is 6.92 Å². The fraction of sp³-hybridized carbons (Fsp3) is 0.400. The van der Waals surface area contributed by atoms with Crippen molar-refractivity contribution in [2.75, 3.05) is 5.73 Å². The van der Waals surface area contributed by atoms with E-state index in [9.17, 15) is 0 Å². The number of anilines is 1. The van der Waals surface area contributed by atoms with Gasteiger partial charge in [-0.2, -0.15) is 5.10 Å². The molecule has 0 saturated heterocycles. The molecule has 0 spiro atoms. The molecule has 4 nitrogen and oxygen atoms in total. The average Bonchev–Trinajstić information content (AvgIpc) is 2.12. The number of aromatic nitrogens is 2. The number of hydrogen-bond donors (Lipinski definition) is 3. The predicted octanol–water partition coefficient (Wildman–Crippen LogP) is -0.241. The number of aromatic amines is 1. The molecule has 0 amide bonds. The Bertz CT molecular complexity index is 183. The molecule has 4 heteroatoms. The quantitative estimate of drug-likeness (QED) is 0.485. The molecule has 0 radical (unpaired) electrons. The summed E-state index contributed by atoms with van der Waals surface area (Å²) >= 11 is 0. The van der Waals surface area contributed by atoms with E-state index in [1.54, 1.807) is 0 Å². The van der Waals surface area contributed by atoms with Gasteiger partial charge in [-0.25, -0.2) is 0 Å². The van der Waals surface area contributed by atoms with Gasteiger partial charge in [0, 0.05) is 17.8 Å². The topological polar surface area (TPSA) is 80.7 Å². The van der Waals surface area contributed by atoms with E-state index in [1.165, 1.54) is 0 Å². The second-order valence-corrected chi connectivity index (χ2v) is 1.92. The van der Waals surface area contributed by atoms with Crippen LogP contribution in [0.5, 0.6) is 0 Å². The lowest BCUT2D eigenvalue weighted by molar-refractivity contribution is 1.03. The number of nitrogen functional groups attached to an aromatic ring is 1. The molecule has 0 aliphatic rings. The molecule has 1 rings (SSSR count). The van der Waals surface area contributed by atoms with Crippen LogP contribution in [0, 0.1) is 6.92 Å². The number of nitrogens with two attached hydrogens (primary N) is 2. The van der Waals surface area contributed by atoms with Crippen molar-refractivity contribution in [2.45, 2.75) is 13.5 Å².